The lowest BCUT2D eigenvalue weighted by molar-refractivity contribution is 0.128. The number of nitrogens with one attached hydrogen (secondary N) is 1. The fourth-order valence-electron chi connectivity index (χ4n) is 3.73. The van der Waals surface area contributed by atoms with E-state index < -0.39 is 0 Å². The van der Waals surface area contributed by atoms with Crippen LogP contribution in [0.1, 0.15) is 59.3 Å². The van der Waals surface area contributed by atoms with Gasteiger partial charge in [0.1, 0.15) is 0 Å². The van der Waals surface area contributed by atoms with E-state index in [1.54, 1.807) is 0 Å². The molecule has 3 atom stereocenters. The Bertz CT molecular complexity index is 220. The fraction of sp³-hybridized carbons (Fsp3) is 1.00. The van der Waals surface area contributed by atoms with Gasteiger partial charge >= 0.3 is 0 Å². The number of rotatable bonds is 6. The third kappa shape index (κ3) is 3.71. The summed E-state index contributed by atoms with van der Waals surface area (Å²) in [5, 5.41) is 3.66. The SMILES string of the molecule is CCCNCC1CCC(C(C)C)CC1C1CC1. The Balaban J connectivity index is 1.83. The quantitative estimate of drug-likeness (QED) is 0.686. The second kappa shape index (κ2) is 6.22. The van der Waals surface area contributed by atoms with Gasteiger partial charge in [-0.2, -0.15) is 0 Å². The van der Waals surface area contributed by atoms with E-state index in [2.05, 4.69) is 26.1 Å². The molecule has 0 spiro atoms. The topological polar surface area (TPSA) is 12.0 Å². The molecule has 2 saturated carbocycles. The molecule has 1 nitrogen and oxygen atoms in total. The minimum absolute atomic E-state index is 0.904. The first-order valence-corrected chi connectivity index (χ1v) is 7.93. The highest BCUT2D eigenvalue weighted by Crippen LogP contribution is 2.49. The highest BCUT2D eigenvalue weighted by Gasteiger charge is 2.40. The number of hydrogen-bond acceptors (Lipinski definition) is 1. The molecular weight excluding hydrogens is 206 g/mol. The Kier molecular flexibility index (Phi) is 4.90. The van der Waals surface area contributed by atoms with Gasteiger partial charge in [0, 0.05) is 0 Å². The lowest BCUT2D eigenvalue weighted by atomic mass is 9.69. The molecular formula is C16H31N. The second-order valence-corrected chi connectivity index (χ2v) is 6.78. The molecule has 0 saturated heterocycles. The third-order valence-electron chi connectivity index (χ3n) is 5.09. The van der Waals surface area contributed by atoms with Crippen LogP contribution in [0.25, 0.3) is 0 Å². The van der Waals surface area contributed by atoms with Crippen molar-refractivity contribution in [3.8, 4) is 0 Å². The summed E-state index contributed by atoms with van der Waals surface area (Å²) in [6, 6.07) is 0. The van der Waals surface area contributed by atoms with Gasteiger partial charge in [-0.1, -0.05) is 20.8 Å². The van der Waals surface area contributed by atoms with E-state index >= 15 is 0 Å². The Hall–Kier alpha value is -0.0400. The van der Waals surface area contributed by atoms with Crippen LogP contribution in [0.2, 0.25) is 0 Å². The van der Waals surface area contributed by atoms with E-state index in [0.717, 1.165) is 29.6 Å². The number of hydrogen-bond donors (Lipinski definition) is 1. The summed E-state index contributed by atoms with van der Waals surface area (Å²) in [6.45, 7) is 9.61. The monoisotopic (exact) mass is 237 g/mol. The van der Waals surface area contributed by atoms with Crippen LogP contribution in [0.5, 0.6) is 0 Å². The Morgan fingerprint density at radius 3 is 2.47 bits per heavy atom. The van der Waals surface area contributed by atoms with Crippen molar-refractivity contribution in [3.05, 3.63) is 0 Å². The fourth-order valence-corrected chi connectivity index (χ4v) is 3.73. The third-order valence-corrected chi connectivity index (χ3v) is 5.09. The lowest BCUT2D eigenvalue weighted by Crippen LogP contribution is -2.35. The normalized spacial score (nSPS) is 34.2. The highest BCUT2D eigenvalue weighted by molar-refractivity contribution is 4.91. The Labute approximate surface area is 108 Å². The highest BCUT2D eigenvalue weighted by atomic mass is 14.9. The van der Waals surface area contributed by atoms with Crippen LogP contribution in [0.15, 0.2) is 0 Å². The molecule has 0 aliphatic heterocycles. The van der Waals surface area contributed by atoms with E-state index in [9.17, 15) is 0 Å². The van der Waals surface area contributed by atoms with Crippen molar-refractivity contribution in [1.29, 1.82) is 0 Å². The van der Waals surface area contributed by atoms with Crippen LogP contribution in [0.4, 0.5) is 0 Å². The van der Waals surface area contributed by atoms with Crippen LogP contribution in [-0.2, 0) is 0 Å². The van der Waals surface area contributed by atoms with Crippen molar-refractivity contribution in [2.75, 3.05) is 13.1 Å². The molecule has 0 aromatic rings. The molecule has 0 aromatic heterocycles. The molecule has 2 aliphatic rings. The predicted octanol–water partition coefficient (Wildman–Crippen LogP) is 4.08. The van der Waals surface area contributed by atoms with Crippen LogP contribution in [0.3, 0.4) is 0 Å². The molecule has 2 aliphatic carbocycles. The van der Waals surface area contributed by atoms with Crippen LogP contribution in [-0.4, -0.2) is 13.1 Å². The summed E-state index contributed by atoms with van der Waals surface area (Å²) in [6.07, 6.45) is 8.83. The second-order valence-electron chi connectivity index (χ2n) is 6.78. The lowest BCUT2D eigenvalue weighted by Gasteiger charge is -2.38. The van der Waals surface area contributed by atoms with E-state index in [-0.39, 0.29) is 0 Å². The van der Waals surface area contributed by atoms with Crippen molar-refractivity contribution in [1.82, 2.24) is 5.32 Å². The summed E-state index contributed by atoms with van der Waals surface area (Å²) in [7, 11) is 0. The molecule has 17 heavy (non-hydrogen) atoms. The van der Waals surface area contributed by atoms with E-state index in [1.807, 2.05) is 0 Å². The first-order chi connectivity index (χ1) is 8.22. The van der Waals surface area contributed by atoms with Crippen molar-refractivity contribution >= 4 is 0 Å². The largest absolute Gasteiger partial charge is 0.316 e. The Morgan fingerprint density at radius 2 is 1.88 bits per heavy atom. The van der Waals surface area contributed by atoms with Gasteiger partial charge in [0.05, 0.1) is 0 Å². The van der Waals surface area contributed by atoms with Gasteiger partial charge in [0.25, 0.3) is 0 Å². The van der Waals surface area contributed by atoms with Crippen LogP contribution in [0, 0.1) is 29.6 Å². The van der Waals surface area contributed by atoms with Gasteiger partial charge in [0.15, 0.2) is 0 Å². The molecule has 2 fully saturated rings. The standard InChI is InChI=1S/C16H31N/c1-4-9-17-11-15-8-7-14(12(2)3)10-16(15)13-5-6-13/h12-17H,4-11H2,1-3H3. The zero-order valence-electron chi connectivity index (χ0n) is 12.0. The predicted molar refractivity (Wildman–Crippen MR) is 75.0 cm³/mol. The van der Waals surface area contributed by atoms with Gasteiger partial charge < -0.3 is 5.32 Å². The van der Waals surface area contributed by atoms with Crippen LogP contribution < -0.4 is 5.32 Å². The molecule has 1 heteroatoms. The summed E-state index contributed by atoms with van der Waals surface area (Å²) in [5.41, 5.74) is 0. The molecule has 0 aromatic carbocycles. The van der Waals surface area contributed by atoms with Gasteiger partial charge in [-0.05, 0) is 81.2 Å². The molecule has 0 radical (unpaired) electrons. The zero-order chi connectivity index (χ0) is 12.3. The van der Waals surface area contributed by atoms with Crippen molar-refractivity contribution in [3.63, 3.8) is 0 Å². The average molecular weight is 237 g/mol. The van der Waals surface area contributed by atoms with Gasteiger partial charge in [0.2, 0.25) is 0 Å². The van der Waals surface area contributed by atoms with Crippen molar-refractivity contribution in [2.45, 2.75) is 59.3 Å². The molecule has 1 N–H and O–H groups in total. The molecule has 100 valence electrons. The van der Waals surface area contributed by atoms with Crippen LogP contribution >= 0.6 is 0 Å². The van der Waals surface area contributed by atoms with E-state index in [1.165, 1.54) is 51.6 Å². The van der Waals surface area contributed by atoms with E-state index in [4.69, 9.17) is 0 Å². The smallest absolute Gasteiger partial charge is 0.00178 e. The summed E-state index contributed by atoms with van der Waals surface area (Å²) < 4.78 is 0. The van der Waals surface area contributed by atoms with E-state index in [0.29, 0.717) is 0 Å². The maximum absolute atomic E-state index is 3.66. The van der Waals surface area contributed by atoms with Crippen molar-refractivity contribution < 1.29 is 0 Å². The van der Waals surface area contributed by atoms with Gasteiger partial charge in [-0.25, -0.2) is 0 Å². The zero-order valence-corrected chi connectivity index (χ0v) is 12.0. The van der Waals surface area contributed by atoms with Crippen molar-refractivity contribution in [2.24, 2.45) is 29.6 Å². The first-order valence-electron chi connectivity index (χ1n) is 7.93. The molecule has 0 heterocycles. The Morgan fingerprint density at radius 1 is 1.12 bits per heavy atom. The van der Waals surface area contributed by atoms with Gasteiger partial charge in [-0.3, -0.25) is 0 Å². The molecule has 0 bridgehead atoms. The average Bonchev–Trinajstić information content (AvgIpc) is 3.13. The molecule has 3 unspecified atom stereocenters. The first kappa shape index (κ1) is 13.4. The minimum atomic E-state index is 0.904. The molecule has 2 rings (SSSR count). The molecule has 0 amide bonds. The summed E-state index contributed by atoms with van der Waals surface area (Å²) >= 11 is 0. The maximum Gasteiger partial charge on any atom is -0.00178 e. The maximum atomic E-state index is 3.66. The minimum Gasteiger partial charge on any atom is -0.316 e. The summed E-state index contributed by atoms with van der Waals surface area (Å²) in [4.78, 5) is 0. The van der Waals surface area contributed by atoms with Gasteiger partial charge in [-0.15, -0.1) is 0 Å². The summed E-state index contributed by atoms with van der Waals surface area (Å²) in [5.74, 6) is 5.07.